The van der Waals surface area contributed by atoms with Crippen LogP contribution in [0, 0.1) is 6.92 Å². The van der Waals surface area contributed by atoms with Gasteiger partial charge in [-0.3, -0.25) is 4.79 Å². The summed E-state index contributed by atoms with van der Waals surface area (Å²) in [5, 5.41) is 10.6. The fraction of sp³-hybridized carbons (Fsp3) is 0.207. The summed E-state index contributed by atoms with van der Waals surface area (Å²) in [6.07, 6.45) is 1.48. The molecule has 1 aliphatic heterocycles. The Labute approximate surface area is 216 Å². The molecule has 0 radical (unpaired) electrons. The molecule has 0 bridgehead atoms. The molecule has 1 aliphatic rings. The lowest BCUT2D eigenvalue weighted by molar-refractivity contribution is -0.113. The van der Waals surface area contributed by atoms with E-state index in [0.29, 0.717) is 41.9 Å². The summed E-state index contributed by atoms with van der Waals surface area (Å²) < 4.78 is 13.4. The standard InChI is InChI=1S/C29H29N5O3/c1-4-36-25-12-8-7-11-24(25)33-28(35)26-20(3)32-29-30-18-31-34(29)27(26)21-13-15-23(16-14-21)37-17-22-10-6-5-9-19(22)2/h5-16,18,27H,4,17H2,1-3H3,(H,33,35)(H,30,31,32). The first-order chi connectivity index (χ1) is 18.0. The van der Waals surface area contributed by atoms with E-state index in [1.165, 1.54) is 11.9 Å². The molecule has 2 N–H and O–H groups in total. The third-order valence-corrected chi connectivity index (χ3v) is 6.33. The highest BCUT2D eigenvalue weighted by atomic mass is 16.5. The van der Waals surface area contributed by atoms with Gasteiger partial charge >= 0.3 is 0 Å². The highest BCUT2D eigenvalue weighted by Gasteiger charge is 2.33. The van der Waals surface area contributed by atoms with E-state index in [2.05, 4.69) is 39.8 Å². The summed E-state index contributed by atoms with van der Waals surface area (Å²) in [5.41, 5.74) is 5.07. The molecular formula is C29H29N5O3. The van der Waals surface area contributed by atoms with Crippen LogP contribution in [0.3, 0.4) is 0 Å². The number of aryl methyl sites for hydroxylation is 1. The van der Waals surface area contributed by atoms with Crippen molar-refractivity contribution in [2.45, 2.75) is 33.4 Å². The van der Waals surface area contributed by atoms with Crippen LogP contribution in [-0.4, -0.2) is 27.3 Å². The Morgan fingerprint density at radius 2 is 1.76 bits per heavy atom. The highest BCUT2D eigenvalue weighted by Crippen LogP contribution is 2.36. The van der Waals surface area contributed by atoms with Crippen molar-refractivity contribution in [1.29, 1.82) is 0 Å². The molecule has 1 aromatic heterocycles. The van der Waals surface area contributed by atoms with Gasteiger partial charge in [-0.05, 0) is 61.7 Å². The summed E-state index contributed by atoms with van der Waals surface area (Å²) in [7, 11) is 0. The second-order valence-electron chi connectivity index (χ2n) is 8.76. The second-order valence-corrected chi connectivity index (χ2v) is 8.76. The summed E-state index contributed by atoms with van der Waals surface area (Å²) in [6, 6.07) is 22.9. The van der Waals surface area contributed by atoms with E-state index in [1.54, 1.807) is 4.68 Å². The number of nitrogens with zero attached hydrogens (tertiary/aromatic N) is 3. The van der Waals surface area contributed by atoms with Gasteiger partial charge < -0.3 is 20.1 Å². The topological polar surface area (TPSA) is 90.3 Å². The minimum absolute atomic E-state index is 0.247. The van der Waals surface area contributed by atoms with E-state index in [1.807, 2.05) is 74.5 Å². The van der Waals surface area contributed by atoms with Gasteiger partial charge in [0.2, 0.25) is 5.95 Å². The number of hydrogen-bond acceptors (Lipinski definition) is 6. The molecule has 8 heteroatoms. The predicted octanol–water partition coefficient (Wildman–Crippen LogP) is 5.49. The Morgan fingerprint density at radius 3 is 2.54 bits per heavy atom. The van der Waals surface area contributed by atoms with E-state index in [9.17, 15) is 4.79 Å². The fourth-order valence-electron chi connectivity index (χ4n) is 4.41. The summed E-state index contributed by atoms with van der Waals surface area (Å²) in [6.45, 7) is 6.84. The maximum absolute atomic E-state index is 13.7. The highest BCUT2D eigenvalue weighted by molar-refractivity contribution is 6.06. The maximum atomic E-state index is 13.7. The van der Waals surface area contributed by atoms with Gasteiger partial charge in [0.15, 0.2) is 0 Å². The van der Waals surface area contributed by atoms with Crippen LogP contribution >= 0.6 is 0 Å². The molecule has 188 valence electrons. The molecule has 0 saturated carbocycles. The normalized spacial score (nSPS) is 14.5. The first-order valence-corrected chi connectivity index (χ1v) is 12.2. The number of fused-ring (bicyclic) bond motifs is 1. The molecule has 37 heavy (non-hydrogen) atoms. The van der Waals surface area contributed by atoms with Crippen molar-refractivity contribution in [3.63, 3.8) is 0 Å². The van der Waals surface area contributed by atoms with E-state index in [0.717, 1.165) is 16.9 Å². The Balaban J connectivity index is 1.42. The monoisotopic (exact) mass is 495 g/mol. The third kappa shape index (κ3) is 5.04. The molecule has 0 aliphatic carbocycles. The SMILES string of the molecule is CCOc1ccccc1NC(=O)C1=C(C)Nc2ncnn2C1c1ccc(OCc2ccccc2C)cc1. The van der Waals surface area contributed by atoms with Crippen LogP contribution in [0.25, 0.3) is 0 Å². The lowest BCUT2D eigenvalue weighted by Gasteiger charge is -2.29. The molecule has 0 spiro atoms. The first-order valence-electron chi connectivity index (χ1n) is 12.2. The molecule has 0 saturated heterocycles. The lowest BCUT2D eigenvalue weighted by Crippen LogP contribution is -2.31. The van der Waals surface area contributed by atoms with Crippen molar-refractivity contribution in [3.05, 3.63) is 107 Å². The van der Waals surface area contributed by atoms with Crippen LogP contribution < -0.4 is 20.1 Å². The molecule has 5 rings (SSSR count). The van der Waals surface area contributed by atoms with Crippen molar-refractivity contribution in [1.82, 2.24) is 14.8 Å². The molecular weight excluding hydrogens is 466 g/mol. The van der Waals surface area contributed by atoms with Gasteiger partial charge in [0, 0.05) is 5.70 Å². The van der Waals surface area contributed by atoms with Gasteiger partial charge in [-0.15, -0.1) is 0 Å². The average Bonchev–Trinajstić information content (AvgIpc) is 3.37. The number of amides is 1. The van der Waals surface area contributed by atoms with Gasteiger partial charge in [-0.2, -0.15) is 10.1 Å². The number of rotatable bonds is 8. The second kappa shape index (κ2) is 10.6. The van der Waals surface area contributed by atoms with Gasteiger partial charge in [0.1, 0.15) is 30.5 Å². The van der Waals surface area contributed by atoms with Crippen molar-refractivity contribution in [2.75, 3.05) is 17.2 Å². The lowest BCUT2D eigenvalue weighted by atomic mass is 9.95. The van der Waals surface area contributed by atoms with Crippen LogP contribution in [0.5, 0.6) is 11.5 Å². The van der Waals surface area contributed by atoms with E-state index in [-0.39, 0.29) is 5.91 Å². The molecule has 1 atom stereocenters. The minimum Gasteiger partial charge on any atom is -0.492 e. The number of benzene rings is 3. The van der Waals surface area contributed by atoms with Crippen LogP contribution in [0.2, 0.25) is 0 Å². The fourth-order valence-corrected chi connectivity index (χ4v) is 4.41. The molecule has 1 amide bonds. The number of nitrogens with one attached hydrogen (secondary N) is 2. The van der Waals surface area contributed by atoms with Crippen LogP contribution in [0.15, 0.2) is 90.4 Å². The summed E-state index contributed by atoms with van der Waals surface area (Å²) in [4.78, 5) is 18.0. The Bertz CT molecular complexity index is 1440. The molecule has 4 aromatic rings. The number of aromatic nitrogens is 3. The Kier molecular flexibility index (Phi) is 6.89. The number of allylic oxidation sites excluding steroid dienone is 1. The Hall–Kier alpha value is -4.59. The number of anilines is 2. The third-order valence-electron chi connectivity index (χ3n) is 6.33. The minimum atomic E-state index is -0.469. The van der Waals surface area contributed by atoms with Crippen molar-refractivity contribution >= 4 is 17.5 Å². The summed E-state index contributed by atoms with van der Waals surface area (Å²) in [5.74, 6) is 1.70. The van der Waals surface area contributed by atoms with Gasteiger partial charge in [0.05, 0.1) is 17.9 Å². The Morgan fingerprint density at radius 1 is 1.00 bits per heavy atom. The molecule has 0 fully saturated rings. The zero-order chi connectivity index (χ0) is 25.8. The van der Waals surface area contributed by atoms with Gasteiger partial charge in [-0.25, -0.2) is 4.68 Å². The predicted molar refractivity (Wildman–Crippen MR) is 143 cm³/mol. The van der Waals surface area contributed by atoms with Crippen LogP contribution in [0.1, 0.15) is 36.6 Å². The number of hydrogen-bond donors (Lipinski definition) is 2. The number of para-hydroxylation sites is 2. The molecule has 2 heterocycles. The van der Waals surface area contributed by atoms with Gasteiger partial charge in [-0.1, -0.05) is 48.5 Å². The zero-order valence-electron chi connectivity index (χ0n) is 21.1. The molecule has 8 nitrogen and oxygen atoms in total. The van der Waals surface area contributed by atoms with E-state index >= 15 is 0 Å². The van der Waals surface area contributed by atoms with E-state index < -0.39 is 6.04 Å². The molecule has 1 unspecified atom stereocenters. The smallest absolute Gasteiger partial charge is 0.255 e. The van der Waals surface area contributed by atoms with E-state index in [4.69, 9.17) is 9.47 Å². The maximum Gasteiger partial charge on any atom is 0.255 e. The largest absolute Gasteiger partial charge is 0.492 e. The number of carbonyl (C=O) groups excluding carboxylic acids is 1. The van der Waals surface area contributed by atoms with Gasteiger partial charge in [0.25, 0.3) is 5.91 Å². The van der Waals surface area contributed by atoms with Crippen molar-refractivity contribution in [3.8, 4) is 11.5 Å². The summed E-state index contributed by atoms with van der Waals surface area (Å²) >= 11 is 0. The van der Waals surface area contributed by atoms with Crippen LogP contribution in [0.4, 0.5) is 11.6 Å². The number of ether oxygens (including phenoxy) is 2. The van der Waals surface area contributed by atoms with Crippen molar-refractivity contribution in [2.24, 2.45) is 0 Å². The molecule has 3 aromatic carbocycles. The van der Waals surface area contributed by atoms with Crippen molar-refractivity contribution < 1.29 is 14.3 Å². The van der Waals surface area contributed by atoms with Crippen LogP contribution in [-0.2, 0) is 11.4 Å². The number of carbonyl (C=O) groups is 1. The quantitative estimate of drug-likeness (QED) is 0.336. The first kappa shape index (κ1) is 24.1. The zero-order valence-corrected chi connectivity index (χ0v) is 21.1. The average molecular weight is 496 g/mol.